The van der Waals surface area contributed by atoms with Gasteiger partial charge in [-0.1, -0.05) is 48.0 Å². The predicted molar refractivity (Wildman–Crippen MR) is 91.6 cm³/mol. The predicted octanol–water partition coefficient (Wildman–Crippen LogP) is 2.79. The molecular weight excluding hydrogens is 385 g/mol. The Morgan fingerprint density at radius 1 is 1.27 bits per heavy atom. The summed E-state index contributed by atoms with van der Waals surface area (Å²) in [6.45, 7) is 0. The SMILES string of the molecule is [2H][C@@]1(c2ccc(Cl)c(F)c2)OC(N)=C(OS(=O)(=O)Cc2ccccc2)C1=O. The molecule has 1 heterocycles. The smallest absolute Gasteiger partial charge is 0.313 e. The van der Waals surface area contributed by atoms with Crippen LogP contribution in [0.2, 0.25) is 5.02 Å². The molecule has 2 aromatic carbocycles. The van der Waals surface area contributed by atoms with Gasteiger partial charge in [-0.15, -0.1) is 0 Å². The fraction of sp³-hybridized carbons (Fsp3) is 0.118. The maximum Gasteiger partial charge on any atom is 0.313 e. The number of Topliss-reactive ketones (excluding diaryl/α,β-unsaturated/α-hetero) is 1. The molecule has 1 aliphatic rings. The third kappa shape index (κ3) is 3.81. The summed E-state index contributed by atoms with van der Waals surface area (Å²) in [7, 11) is -4.25. The van der Waals surface area contributed by atoms with Gasteiger partial charge < -0.3 is 14.7 Å². The average Bonchev–Trinajstić information content (AvgIpc) is 2.81. The van der Waals surface area contributed by atoms with Crippen LogP contribution in [0.4, 0.5) is 4.39 Å². The van der Waals surface area contributed by atoms with E-state index in [1.165, 1.54) is 6.07 Å². The number of ether oxygens (including phenoxy) is 1. The summed E-state index contributed by atoms with van der Waals surface area (Å²) in [5, 5.41) is -0.212. The monoisotopic (exact) mass is 398 g/mol. The van der Waals surface area contributed by atoms with E-state index in [9.17, 15) is 17.6 Å². The highest BCUT2D eigenvalue weighted by atomic mass is 35.5. The van der Waals surface area contributed by atoms with Crippen LogP contribution < -0.4 is 5.73 Å². The summed E-state index contributed by atoms with van der Waals surface area (Å²) in [4.78, 5) is 12.6. The molecule has 2 N–H and O–H groups in total. The molecule has 3 rings (SSSR count). The second-order valence-electron chi connectivity index (χ2n) is 5.35. The fourth-order valence-electron chi connectivity index (χ4n) is 2.26. The Morgan fingerprint density at radius 2 is 1.96 bits per heavy atom. The number of halogens is 2. The quantitative estimate of drug-likeness (QED) is 0.778. The molecule has 26 heavy (non-hydrogen) atoms. The standard InChI is InChI=1S/C17H13ClFNO5S/c18-12-7-6-11(8-13(12)19)15-14(21)16(17(20)24-15)25-26(22,23)9-10-4-2-1-3-5-10/h1-8,15H,9,20H2/t15-/m0/s1/i15D. The summed E-state index contributed by atoms with van der Waals surface area (Å²) < 4.78 is 56.2. The first kappa shape index (κ1) is 16.9. The number of carbonyl (C=O) groups is 1. The van der Waals surface area contributed by atoms with Crippen molar-refractivity contribution >= 4 is 27.5 Å². The number of benzene rings is 2. The van der Waals surface area contributed by atoms with Gasteiger partial charge in [0, 0.05) is 5.56 Å². The van der Waals surface area contributed by atoms with E-state index in [1.807, 2.05) is 0 Å². The summed E-state index contributed by atoms with van der Waals surface area (Å²) >= 11 is 5.59. The molecule has 0 fully saturated rings. The Bertz CT molecular complexity index is 1040. The second kappa shape index (κ2) is 6.97. The molecule has 0 saturated heterocycles. The first-order valence-electron chi connectivity index (χ1n) is 7.77. The molecule has 0 spiro atoms. The van der Waals surface area contributed by atoms with Gasteiger partial charge in [-0.05, 0) is 17.7 Å². The summed E-state index contributed by atoms with van der Waals surface area (Å²) in [5.74, 6) is -4.06. The van der Waals surface area contributed by atoms with E-state index < -0.39 is 45.2 Å². The van der Waals surface area contributed by atoms with Crippen LogP contribution in [0, 0.1) is 5.82 Å². The van der Waals surface area contributed by atoms with Crippen LogP contribution >= 0.6 is 11.6 Å². The largest absolute Gasteiger partial charge is 0.460 e. The van der Waals surface area contributed by atoms with E-state index in [0.29, 0.717) is 5.56 Å². The highest BCUT2D eigenvalue weighted by molar-refractivity contribution is 7.86. The van der Waals surface area contributed by atoms with Crippen molar-refractivity contribution in [1.82, 2.24) is 0 Å². The van der Waals surface area contributed by atoms with Crippen molar-refractivity contribution in [3.8, 4) is 0 Å². The van der Waals surface area contributed by atoms with E-state index in [4.69, 9.17) is 27.6 Å². The Morgan fingerprint density at radius 3 is 2.62 bits per heavy atom. The van der Waals surface area contributed by atoms with Crippen molar-refractivity contribution < 1.29 is 27.9 Å². The zero-order valence-electron chi connectivity index (χ0n) is 14.1. The minimum atomic E-state index is -4.25. The number of hydrogen-bond acceptors (Lipinski definition) is 6. The zero-order valence-corrected chi connectivity index (χ0v) is 14.7. The second-order valence-corrected chi connectivity index (χ2v) is 7.33. The van der Waals surface area contributed by atoms with Crippen molar-refractivity contribution in [2.75, 3.05) is 0 Å². The van der Waals surface area contributed by atoms with Crippen LogP contribution in [0.5, 0.6) is 0 Å². The molecule has 9 heteroatoms. The van der Waals surface area contributed by atoms with Crippen molar-refractivity contribution in [3.05, 3.63) is 82.1 Å². The molecule has 0 saturated carbocycles. The van der Waals surface area contributed by atoms with E-state index in [1.54, 1.807) is 30.3 Å². The van der Waals surface area contributed by atoms with Gasteiger partial charge in [0.15, 0.2) is 6.08 Å². The topological polar surface area (TPSA) is 95.7 Å². The minimum Gasteiger partial charge on any atom is -0.460 e. The Hall–Kier alpha value is -2.58. The van der Waals surface area contributed by atoms with Crippen molar-refractivity contribution in [3.63, 3.8) is 0 Å². The maximum absolute atomic E-state index is 13.7. The molecule has 0 bridgehead atoms. The molecular formula is C17H13ClFNO5S. The van der Waals surface area contributed by atoms with Crippen molar-refractivity contribution in [2.45, 2.75) is 11.8 Å². The summed E-state index contributed by atoms with van der Waals surface area (Å²) in [6, 6.07) is 11.3. The van der Waals surface area contributed by atoms with E-state index in [-0.39, 0.29) is 10.6 Å². The van der Waals surface area contributed by atoms with Crippen molar-refractivity contribution in [2.24, 2.45) is 5.73 Å². The maximum atomic E-state index is 13.7. The Balaban J connectivity index is 1.86. The third-order valence-corrected chi connectivity index (χ3v) is 4.84. The summed E-state index contributed by atoms with van der Waals surface area (Å²) in [5.41, 5.74) is 5.78. The Kier molecular flexibility index (Phi) is 4.52. The van der Waals surface area contributed by atoms with E-state index in [2.05, 4.69) is 0 Å². The van der Waals surface area contributed by atoms with Gasteiger partial charge >= 0.3 is 10.1 Å². The van der Waals surface area contributed by atoms with E-state index in [0.717, 1.165) is 12.1 Å². The number of rotatable bonds is 5. The molecule has 0 radical (unpaired) electrons. The first-order valence-corrected chi connectivity index (χ1v) is 9.23. The normalized spacial score (nSPS) is 20.7. The lowest BCUT2D eigenvalue weighted by Crippen LogP contribution is -2.16. The van der Waals surface area contributed by atoms with Crippen LogP contribution in [-0.2, 0) is 29.6 Å². The third-order valence-electron chi connectivity index (χ3n) is 3.43. The molecule has 1 atom stereocenters. The molecule has 136 valence electrons. The molecule has 0 aromatic heterocycles. The molecule has 0 aliphatic carbocycles. The van der Waals surface area contributed by atoms with Gasteiger partial charge in [-0.3, -0.25) is 4.79 Å². The van der Waals surface area contributed by atoms with Gasteiger partial charge in [-0.25, -0.2) is 4.39 Å². The van der Waals surface area contributed by atoms with Gasteiger partial charge in [0.1, 0.15) is 11.6 Å². The van der Waals surface area contributed by atoms with Crippen LogP contribution in [0.1, 0.15) is 18.6 Å². The zero-order chi connectivity index (χ0) is 19.8. The lowest BCUT2D eigenvalue weighted by Gasteiger charge is -2.10. The highest BCUT2D eigenvalue weighted by Crippen LogP contribution is 2.33. The average molecular weight is 399 g/mol. The Labute approximate surface area is 155 Å². The van der Waals surface area contributed by atoms with Crippen LogP contribution in [0.3, 0.4) is 0 Å². The van der Waals surface area contributed by atoms with E-state index >= 15 is 0 Å². The molecule has 2 aromatic rings. The minimum absolute atomic E-state index is 0.212. The molecule has 6 nitrogen and oxygen atoms in total. The van der Waals surface area contributed by atoms with Crippen molar-refractivity contribution in [1.29, 1.82) is 0 Å². The van der Waals surface area contributed by atoms with Gasteiger partial charge in [0.05, 0.1) is 6.39 Å². The number of nitrogens with two attached hydrogens (primary N) is 1. The number of ketones is 1. The first-order chi connectivity index (χ1) is 12.6. The van der Waals surface area contributed by atoms with Gasteiger partial charge in [-0.2, -0.15) is 8.42 Å². The summed E-state index contributed by atoms with van der Waals surface area (Å²) in [6.07, 6.45) is -2.48. The van der Waals surface area contributed by atoms with Gasteiger partial charge in [0.25, 0.3) is 0 Å². The lowest BCUT2D eigenvalue weighted by molar-refractivity contribution is -0.123. The highest BCUT2D eigenvalue weighted by Gasteiger charge is 2.39. The van der Waals surface area contributed by atoms with Crippen LogP contribution in [-0.4, -0.2) is 14.2 Å². The lowest BCUT2D eigenvalue weighted by atomic mass is 10.1. The molecule has 0 amide bonds. The number of carbonyl (C=O) groups excluding carboxylic acids is 1. The molecule has 0 unspecified atom stereocenters. The number of hydrogen-bond donors (Lipinski definition) is 1. The van der Waals surface area contributed by atoms with Gasteiger partial charge in [0.2, 0.25) is 17.4 Å². The molecule has 1 aliphatic heterocycles. The van der Waals surface area contributed by atoms with Crippen LogP contribution in [0.15, 0.2) is 60.2 Å². The fourth-order valence-corrected chi connectivity index (χ4v) is 3.45. The van der Waals surface area contributed by atoms with Crippen LogP contribution in [0.25, 0.3) is 0 Å².